The van der Waals surface area contributed by atoms with Gasteiger partial charge in [-0.25, -0.2) is 4.98 Å². The predicted octanol–water partition coefficient (Wildman–Crippen LogP) is 3.43. The summed E-state index contributed by atoms with van der Waals surface area (Å²) in [6.45, 7) is 7.95. The van der Waals surface area contributed by atoms with Crippen LogP contribution in [0.25, 0.3) is 11.3 Å². The molecule has 0 aliphatic rings. The Morgan fingerprint density at radius 2 is 1.53 bits per heavy atom. The molecule has 1 aromatic heterocycles. The van der Waals surface area contributed by atoms with E-state index < -0.39 is 0 Å². The molecule has 0 amide bonds. The number of aryl methyl sites for hydroxylation is 4. The molecule has 1 aromatic carbocycles. The van der Waals surface area contributed by atoms with Crippen molar-refractivity contribution in [1.82, 2.24) is 15.2 Å². The Balaban J connectivity index is 2.68. The third-order valence-corrected chi connectivity index (χ3v) is 2.93. The number of halogens is 1. The van der Waals surface area contributed by atoms with Crippen molar-refractivity contribution in [2.24, 2.45) is 0 Å². The van der Waals surface area contributed by atoms with Gasteiger partial charge < -0.3 is 0 Å². The van der Waals surface area contributed by atoms with Gasteiger partial charge in [-0.05, 0) is 38.8 Å². The second kappa shape index (κ2) is 4.41. The molecular weight excluding hydrogens is 234 g/mol. The molecule has 0 aliphatic heterocycles. The molecule has 0 saturated carbocycles. The molecule has 0 spiro atoms. The molecule has 2 aromatic rings. The molecule has 17 heavy (non-hydrogen) atoms. The highest BCUT2D eigenvalue weighted by Crippen LogP contribution is 2.30. The van der Waals surface area contributed by atoms with E-state index in [9.17, 15) is 0 Å². The maximum absolute atomic E-state index is 6.13. The number of rotatable bonds is 1. The van der Waals surface area contributed by atoms with Crippen molar-refractivity contribution in [3.05, 3.63) is 39.8 Å². The zero-order chi connectivity index (χ0) is 12.6. The second-order valence-electron chi connectivity index (χ2n) is 4.27. The summed E-state index contributed by atoms with van der Waals surface area (Å²) < 4.78 is 0. The van der Waals surface area contributed by atoms with Gasteiger partial charge in [-0.1, -0.05) is 29.3 Å². The molecular formula is C13H14ClN3. The van der Waals surface area contributed by atoms with E-state index >= 15 is 0 Å². The van der Waals surface area contributed by atoms with Crippen LogP contribution >= 0.6 is 11.6 Å². The van der Waals surface area contributed by atoms with E-state index in [0.29, 0.717) is 16.7 Å². The topological polar surface area (TPSA) is 38.7 Å². The Hall–Kier alpha value is -1.48. The van der Waals surface area contributed by atoms with Crippen LogP contribution in [-0.4, -0.2) is 15.2 Å². The Bertz CT molecular complexity index is 556. The average molecular weight is 248 g/mol. The van der Waals surface area contributed by atoms with E-state index in [0.717, 1.165) is 16.7 Å². The summed E-state index contributed by atoms with van der Waals surface area (Å²) in [5.41, 5.74) is 5.20. The van der Waals surface area contributed by atoms with Crippen molar-refractivity contribution in [2.75, 3.05) is 0 Å². The zero-order valence-corrected chi connectivity index (χ0v) is 11.1. The monoisotopic (exact) mass is 247 g/mol. The molecule has 2 rings (SSSR count). The van der Waals surface area contributed by atoms with Crippen LogP contribution in [0.5, 0.6) is 0 Å². The number of benzene rings is 1. The second-order valence-corrected chi connectivity index (χ2v) is 4.63. The highest BCUT2D eigenvalue weighted by atomic mass is 35.5. The van der Waals surface area contributed by atoms with Gasteiger partial charge in [0.15, 0.2) is 5.15 Å². The first-order valence-electron chi connectivity index (χ1n) is 5.44. The summed E-state index contributed by atoms with van der Waals surface area (Å²) in [6, 6.07) is 4.22. The lowest BCUT2D eigenvalue weighted by Crippen LogP contribution is -1.99. The summed E-state index contributed by atoms with van der Waals surface area (Å²) in [5.74, 6) is 0.584. The number of nitrogens with zero attached hydrogens (tertiary/aromatic N) is 3. The molecule has 1 heterocycles. The van der Waals surface area contributed by atoms with E-state index in [-0.39, 0.29) is 0 Å². The van der Waals surface area contributed by atoms with E-state index in [4.69, 9.17) is 11.6 Å². The third kappa shape index (κ3) is 2.29. The van der Waals surface area contributed by atoms with Gasteiger partial charge in [0, 0.05) is 5.56 Å². The normalized spacial score (nSPS) is 10.6. The molecule has 88 valence electrons. The summed E-state index contributed by atoms with van der Waals surface area (Å²) >= 11 is 6.13. The largest absolute Gasteiger partial charge is 0.217 e. The minimum Gasteiger partial charge on any atom is -0.217 e. The van der Waals surface area contributed by atoms with Crippen LogP contribution in [-0.2, 0) is 0 Å². The first kappa shape index (κ1) is 12.0. The molecule has 0 N–H and O–H groups in total. The van der Waals surface area contributed by atoms with Gasteiger partial charge in [-0.3, -0.25) is 0 Å². The van der Waals surface area contributed by atoms with Crippen molar-refractivity contribution in [1.29, 1.82) is 0 Å². The minimum atomic E-state index is 0.410. The van der Waals surface area contributed by atoms with Crippen molar-refractivity contribution in [3.8, 4) is 11.3 Å². The van der Waals surface area contributed by atoms with E-state index in [1.165, 1.54) is 5.56 Å². The molecule has 0 aliphatic carbocycles. The minimum absolute atomic E-state index is 0.410. The standard InChI is InChI=1S/C13H14ClN3/c1-7-5-8(2)11(9(3)6-7)12-13(14)15-10(4)16-17-12/h5-6H,1-4H3. The summed E-state index contributed by atoms with van der Waals surface area (Å²) in [7, 11) is 0. The first-order chi connectivity index (χ1) is 7.99. The Labute approximate surface area is 106 Å². The van der Waals surface area contributed by atoms with E-state index in [1.54, 1.807) is 6.92 Å². The number of hydrogen-bond donors (Lipinski definition) is 0. The van der Waals surface area contributed by atoms with Crippen molar-refractivity contribution < 1.29 is 0 Å². The molecule has 0 unspecified atom stereocenters. The molecule has 0 saturated heterocycles. The van der Waals surface area contributed by atoms with E-state index in [2.05, 4.69) is 34.2 Å². The van der Waals surface area contributed by atoms with E-state index in [1.807, 2.05) is 13.8 Å². The lowest BCUT2D eigenvalue weighted by atomic mass is 9.98. The van der Waals surface area contributed by atoms with Crippen molar-refractivity contribution in [2.45, 2.75) is 27.7 Å². The summed E-state index contributed by atoms with van der Waals surface area (Å²) in [4.78, 5) is 4.15. The van der Waals surface area contributed by atoms with Crippen LogP contribution in [0, 0.1) is 27.7 Å². The van der Waals surface area contributed by atoms with Crippen LogP contribution < -0.4 is 0 Å². The van der Waals surface area contributed by atoms with Crippen LogP contribution in [0.4, 0.5) is 0 Å². The SMILES string of the molecule is Cc1cc(C)c(-c2nnc(C)nc2Cl)c(C)c1. The van der Waals surface area contributed by atoms with Crippen LogP contribution in [0.2, 0.25) is 5.15 Å². The molecule has 0 bridgehead atoms. The molecule has 3 nitrogen and oxygen atoms in total. The van der Waals surface area contributed by atoms with Gasteiger partial charge in [0.1, 0.15) is 11.5 Å². The fourth-order valence-corrected chi connectivity index (χ4v) is 2.34. The smallest absolute Gasteiger partial charge is 0.159 e. The van der Waals surface area contributed by atoms with Gasteiger partial charge in [-0.15, -0.1) is 10.2 Å². The lowest BCUT2D eigenvalue weighted by Gasteiger charge is -2.11. The molecule has 0 atom stereocenters. The van der Waals surface area contributed by atoms with Gasteiger partial charge in [0.25, 0.3) is 0 Å². The molecule has 0 radical (unpaired) electrons. The van der Waals surface area contributed by atoms with Crippen LogP contribution in [0.1, 0.15) is 22.5 Å². The Morgan fingerprint density at radius 1 is 0.941 bits per heavy atom. The van der Waals surface area contributed by atoms with Crippen molar-refractivity contribution >= 4 is 11.6 Å². The van der Waals surface area contributed by atoms with Gasteiger partial charge in [0.2, 0.25) is 0 Å². The highest BCUT2D eigenvalue weighted by Gasteiger charge is 2.13. The van der Waals surface area contributed by atoms with Gasteiger partial charge >= 0.3 is 0 Å². The zero-order valence-electron chi connectivity index (χ0n) is 10.4. The fraction of sp³-hybridized carbons (Fsp3) is 0.308. The maximum atomic E-state index is 6.13. The van der Waals surface area contributed by atoms with Crippen LogP contribution in [0.3, 0.4) is 0 Å². The maximum Gasteiger partial charge on any atom is 0.159 e. The van der Waals surface area contributed by atoms with Gasteiger partial charge in [0.05, 0.1) is 0 Å². The van der Waals surface area contributed by atoms with Crippen molar-refractivity contribution in [3.63, 3.8) is 0 Å². The number of hydrogen-bond acceptors (Lipinski definition) is 3. The summed E-state index contributed by atoms with van der Waals surface area (Å²) in [6.07, 6.45) is 0. The van der Waals surface area contributed by atoms with Crippen LogP contribution in [0.15, 0.2) is 12.1 Å². The third-order valence-electron chi connectivity index (χ3n) is 2.66. The predicted molar refractivity (Wildman–Crippen MR) is 69.2 cm³/mol. The Morgan fingerprint density at radius 3 is 2.06 bits per heavy atom. The number of aromatic nitrogens is 3. The molecule has 0 fully saturated rings. The quantitative estimate of drug-likeness (QED) is 0.775. The average Bonchev–Trinajstić information content (AvgIpc) is 2.19. The lowest BCUT2D eigenvalue weighted by molar-refractivity contribution is 0.912. The fourth-order valence-electron chi connectivity index (χ4n) is 2.09. The van der Waals surface area contributed by atoms with Gasteiger partial charge in [-0.2, -0.15) is 0 Å². The summed E-state index contributed by atoms with van der Waals surface area (Å²) in [5, 5.41) is 8.54. The highest BCUT2D eigenvalue weighted by molar-refractivity contribution is 6.31. The Kier molecular flexibility index (Phi) is 3.11. The molecule has 4 heteroatoms. The first-order valence-corrected chi connectivity index (χ1v) is 5.82.